The van der Waals surface area contributed by atoms with Crippen LogP contribution in [0.4, 0.5) is 4.39 Å². The summed E-state index contributed by atoms with van der Waals surface area (Å²) in [6.07, 6.45) is -9.05. The Bertz CT molecular complexity index is 2790. The van der Waals surface area contributed by atoms with E-state index >= 15 is 4.39 Å². The van der Waals surface area contributed by atoms with Crippen LogP contribution in [0.5, 0.6) is 11.5 Å². The van der Waals surface area contributed by atoms with Crippen LogP contribution in [0, 0.1) is 6.92 Å². The quantitative estimate of drug-likeness (QED) is 0.0197. The third kappa shape index (κ3) is 17.9. The van der Waals surface area contributed by atoms with Crippen LogP contribution in [0.3, 0.4) is 0 Å². The standard InChI is InChI=1S/C59H80FN4O19P/c1-36(2)64(37(3)4)84(32-31-75-28-27-73-25-26-74-29-30-76-57-51(61-39(6)65)54(80-42(9)68)53(79-41(8)67)48(82-57)34-77-40(7)66)83-52-49(81-56(50(52)60)63-33-38(5)55(69)62-58(63)70)35-78-59(43-15-13-12-14-16-43,44-17-21-46(71-10)22-18-44)45-19-23-47(72-11)24-20-45/h12-24,33,36-37,48-54,56-57H,25-32,34-35H2,1-11H3,(H,61,65)(H,62,69,70)/t48-,49?,50?,51-,52?,53+,54-,56?,57-,84?/m1/s1. The summed E-state index contributed by atoms with van der Waals surface area (Å²) in [5.74, 6) is -1.34. The highest BCUT2D eigenvalue weighted by Gasteiger charge is 2.53. The van der Waals surface area contributed by atoms with Crippen molar-refractivity contribution in [3.63, 3.8) is 0 Å². The maximum absolute atomic E-state index is 17.6. The van der Waals surface area contributed by atoms with Gasteiger partial charge >= 0.3 is 23.6 Å². The minimum atomic E-state index is -1.92. The molecule has 0 saturated carbocycles. The van der Waals surface area contributed by atoms with Crippen molar-refractivity contribution >= 4 is 32.1 Å². The number of hydrogen-bond donors (Lipinski definition) is 2. The minimum absolute atomic E-state index is 0.0495. The molecule has 3 aromatic carbocycles. The van der Waals surface area contributed by atoms with Gasteiger partial charge in [-0.05, 0) is 75.6 Å². The van der Waals surface area contributed by atoms with E-state index in [0.29, 0.717) is 17.7 Å². The van der Waals surface area contributed by atoms with Gasteiger partial charge in [-0.25, -0.2) is 9.18 Å². The third-order valence-corrected chi connectivity index (χ3v) is 16.1. The lowest BCUT2D eigenvalue weighted by Gasteiger charge is -2.44. The van der Waals surface area contributed by atoms with Gasteiger partial charge in [-0.2, -0.15) is 0 Å². The van der Waals surface area contributed by atoms with Crippen molar-refractivity contribution in [2.75, 3.05) is 79.8 Å². The zero-order valence-corrected chi connectivity index (χ0v) is 50.4. The van der Waals surface area contributed by atoms with Crippen LogP contribution >= 0.6 is 8.30 Å². The molecule has 1 aromatic heterocycles. The van der Waals surface area contributed by atoms with Gasteiger partial charge in [0, 0.05) is 57.7 Å². The number of carbonyl (C=O) groups excluding carboxylic acids is 4. The van der Waals surface area contributed by atoms with Crippen LogP contribution in [-0.4, -0.2) is 179 Å². The van der Waals surface area contributed by atoms with E-state index in [-0.39, 0.29) is 77.1 Å². The van der Waals surface area contributed by atoms with Gasteiger partial charge in [0.15, 0.2) is 30.9 Å². The van der Waals surface area contributed by atoms with Crippen LogP contribution in [0.2, 0.25) is 0 Å². The predicted octanol–water partition coefficient (Wildman–Crippen LogP) is 5.64. The number of aromatic amines is 1. The lowest BCUT2D eigenvalue weighted by molar-refractivity contribution is -0.279. The number of hydrogen-bond acceptors (Lipinski definition) is 20. The zero-order chi connectivity index (χ0) is 61.1. The van der Waals surface area contributed by atoms with Crippen LogP contribution in [0.1, 0.15) is 83.9 Å². The summed E-state index contributed by atoms with van der Waals surface area (Å²) in [5.41, 5.74) is -0.342. The summed E-state index contributed by atoms with van der Waals surface area (Å²) in [6, 6.07) is 23.4. The Morgan fingerprint density at radius 1 is 0.690 bits per heavy atom. The number of benzene rings is 3. The molecular weight excluding hydrogens is 1120 g/mol. The Kier molecular flexibility index (Phi) is 25.8. The number of halogens is 1. The van der Waals surface area contributed by atoms with Gasteiger partial charge in [-0.3, -0.25) is 38.2 Å². The number of rotatable bonds is 32. The molecule has 2 aliphatic heterocycles. The lowest BCUT2D eigenvalue weighted by Crippen LogP contribution is -2.66. The number of aromatic nitrogens is 2. The molecule has 23 nitrogen and oxygen atoms in total. The average Bonchev–Trinajstić information content (AvgIpc) is 1.45. The normalized spacial score (nSPS) is 22.0. The number of esters is 3. The molecule has 462 valence electrons. The summed E-state index contributed by atoms with van der Waals surface area (Å²) in [7, 11) is 1.54. The molecule has 0 radical (unpaired) electrons. The fourth-order valence-corrected chi connectivity index (χ4v) is 12.3. The maximum Gasteiger partial charge on any atom is 0.330 e. The number of H-pyrrole nitrogens is 1. The Hall–Kier alpha value is -6.18. The van der Waals surface area contributed by atoms with Crippen LogP contribution in [-0.2, 0) is 76.7 Å². The number of alkyl halides is 1. The van der Waals surface area contributed by atoms with Gasteiger partial charge in [0.05, 0.1) is 67.1 Å². The van der Waals surface area contributed by atoms with E-state index in [4.69, 9.17) is 61.4 Å². The van der Waals surface area contributed by atoms with Gasteiger partial charge in [-0.1, -0.05) is 54.6 Å². The molecule has 10 atom stereocenters. The molecule has 2 saturated heterocycles. The second-order valence-corrected chi connectivity index (χ2v) is 22.3. The third-order valence-electron chi connectivity index (χ3n) is 13.6. The van der Waals surface area contributed by atoms with Crippen molar-refractivity contribution in [2.45, 2.75) is 135 Å². The molecule has 0 spiro atoms. The summed E-state index contributed by atoms with van der Waals surface area (Å²) < 4.78 is 98.4. The van der Waals surface area contributed by atoms with Crippen molar-refractivity contribution in [3.8, 4) is 11.5 Å². The number of amides is 1. The summed E-state index contributed by atoms with van der Waals surface area (Å²) in [5, 5.41) is 2.65. The monoisotopic (exact) mass is 1200 g/mol. The fourth-order valence-electron chi connectivity index (χ4n) is 10.1. The average molecular weight is 1200 g/mol. The number of nitrogens with zero attached hydrogens (tertiary/aromatic N) is 2. The topological polar surface area (TPSA) is 258 Å². The molecule has 84 heavy (non-hydrogen) atoms. The van der Waals surface area contributed by atoms with Gasteiger partial charge in [0.1, 0.15) is 56.4 Å². The number of methoxy groups -OCH3 is 2. The van der Waals surface area contributed by atoms with E-state index in [1.54, 1.807) is 14.2 Å². The highest BCUT2D eigenvalue weighted by Crippen LogP contribution is 2.50. The van der Waals surface area contributed by atoms with Crippen LogP contribution in [0.15, 0.2) is 94.6 Å². The van der Waals surface area contributed by atoms with E-state index < -0.39 is 104 Å². The zero-order valence-electron chi connectivity index (χ0n) is 49.5. The largest absolute Gasteiger partial charge is 0.497 e. The molecule has 3 heterocycles. The Balaban J connectivity index is 1.12. The van der Waals surface area contributed by atoms with Crippen LogP contribution in [0.25, 0.3) is 0 Å². The van der Waals surface area contributed by atoms with Gasteiger partial charge in [0.25, 0.3) is 5.56 Å². The smallest absolute Gasteiger partial charge is 0.330 e. The van der Waals surface area contributed by atoms with E-state index in [2.05, 4.69) is 15.0 Å². The van der Waals surface area contributed by atoms with Crippen molar-refractivity contribution < 1.29 is 84.9 Å². The van der Waals surface area contributed by atoms with Crippen LogP contribution < -0.4 is 26.0 Å². The van der Waals surface area contributed by atoms with Gasteiger partial charge in [-0.15, -0.1) is 0 Å². The summed E-state index contributed by atoms with van der Waals surface area (Å²) in [4.78, 5) is 76.5. The first-order chi connectivity index (χ1) is 40.2. The molecular formula is C59H80FN4O19P. The number of carbonyl (C=O) groups is 4. The Morgan fingerprint density at radius 3 is 1.74 bits per heavy atom. The van der Waals surface area contributed by atoms with Crippen molar-refractivity contribution in [1.82, 2.24) is 19.5 Å². The SMILES string of the molecule is COc1ccc(C(OCC2OC(n3cc(C)c(=O)[nH]c3=O)C(F)C2OP(CCOCCOCCOCCO[C@@H]2O[C@H](COC(C)=O)[C@H](OC(C)=O)[C@H](OC(C)=O)[C@H]2NC(C)=O)N(C(C)C)C(C)C)(c2ccccc2)c2ccc(OC)cc2)cc1. The Morgan fingerprint density at radius 2 is 1.21 bits per heavy atom. The van der Waals surface area contributed by atoms with E-state index in [1.165, 1.54) is 27.0 Å². The second-order valence-electron chi connectivity index (χ2n) is 20.4. The molecule has 2 N–H and O–H groups in total. The molecule has 4 aromatic rings. The molecule has 2 aliphatic rings. The van der Waals surface area contributed by atoms with Crippen molar-refractivity contribution in [3.05, 3.63) is 128 Å². The molecule has 6 rings (SSSR count). The highest BCUT2D eigenvalue weighted by atomic mass is 31.2. The second kappa shape index (κ2) is 32.4. The lowest BCUT2D eigenvalue weighted by atomic mass is 9.80. The predicted molar refractivity (Wildman–Crippen MR) is 304 cm³/mol. The molecule has 5 unspecified atom stereocenters. The highest BCUT2D eigenvalue weighted by molar-refractivity contribution is 7.50. The molecule has 0 bridgehead atoms. The van der Waals surface area contributed by atoms with E-state index in [1.807, 2.05) is 107 Å². The molecule has 1 amide bonds. The first kappa shape index (κ1) is 67.0. The maximum atomic E-state index is 17.6. The molecule has 25 heteroatoms. The van der Waals surface area contributed by atoms with Crippen molar-refractivity contribution in [2.24, 2.45) is 0 Å². The van der Waals surface area contributed by atoms with Crippen molar-refractivity contribution in [1.29, 1.82) is 0 Å². The summed E-state index contributed by atoms with van der Waals surface area (Å²) in [6.45, 7) is 14.8. The van der Waals surface area contributed by atoms with E-state index in [0.717, 1.165) is 35.1 Å². The molecule has 2 fully saturated rings. The van der Waals surface area contributed by atoms with Gasteiger partial charge < -0.3 is 66.7 Å². The Labute approximate surface area is 489 Å². The summed E-state index contributed by atoms with van der Waals surface area (Å²) >= 11 is 0. The van der Waals surface area contributed by atoms with E-state index in [9.17, 15) is 28.8 Å². The van der Waals surface area contributed by atoms with Gasteiger partial charge in [0.2, 0.25) is 5.91 Å². The number of ether oxygens (including phenoxy) is 12. The number of aryl methyl sites for hydroxylation is 1. The fraction of sp³-hybridized carbons (Fsp3) is 0.559. The minimum Gasteiger partial charge on any atom is -0.497 e. The first-order valence-electron chi connectivity index (χ1n) is 27.8. The molecule has 0 aliphatic carbocycles. The number of nitrogens with one attached hydrogen (secondary N) is 2. The first-order valence-corrected chi connectivity index (χ1v) is 29.2.